The van der Waals surface area contributed by atoms with Crippen LogP contribution in [-0.2, 0) is 27.9 Å². The van der Waals surface area contributed by atoms with E-state index in [2.05, 4.69) is 15.7 Å². The van der Waals surface area contributed by atoms with E-state index in [0.717, 1.165) is 23.2 Å². The smallest absolute Gasteiger partial charge is 0.408 e. The second kappa shape index (κ2) is 10.7. The molecule has 0 radical (unpaired) electrons. The molecule has 1 aromatic carbocycles. The molecule has 1 fully saturated rings. The maximum Gasteiger partial charge on any atom is 0.408 e. The normalized spacial score (nSPS) is 17.0. The number of nitrogens with zero attached hydrogens (tertiary/aromatic N) is 3. The molecule has 0 saturated carbocycles. The number of aromatic nitrogens is 2. The van der Waals surface area contributed by atoms with Gasteiger partial charge in [-0.3, -0.25) is 14.3 Å². The fourth-order valence-corrected chi connectivity index (χ4v) is 4.30. The van der Waals surface area contributed by atoms with Crippen LogP contribution in [0.5, 0.6) is 0 Å². The maximum atomic E-state index is 13.5. The van der Waals surface area contributed by atoms with E-state index in [1.807, 2.05) is 62.8 Å². The highest BCUT2D eigenvalue weighted by molar-refractivity contribution is 5.92. The molecular formula is C27H39N5O4. The Morgan fingerprint density at radius 3 is 2.31 bits per heavy atom. The molecule has 2 atom stereocenters. The van der Waals surface area contributed by atoms with Gasteiger partial charge in [0.05, 0.1) is 5.69 Å². The lowest BCUT2D eigenvalue weighted by Crippen LogP contribution is -2.58. The summed E-state index contributed by atoms with van der Waals surface area (Å²) >= 11 is 0. The van der Waals surface area contributed by atoms with Crippen LogP contribution in [0.15, 0.2) is 36.5 Å². The first-order chi connectivity index (χ1) is 16.8. The Hall–Kier alpha value is -3.36. The first kappa shape index (κ1) is 27.2. The SMILES string of the molecule is Cn1nccc1-c1ccc(CNC(=O)C2CCCN2C(=O)C(NC(=O)OC(C)(C)C)C(C)(C)C)cc1. The van der Waals surface area contributed by atoms with Gasteiger partial charge in [0.2, 0.25) is 11.8 Å². The molecule has 9 heteroatoms. The molecule has 1 aliphatic rings. The van der Waals surface area contributed by atoms with Crippen molar-refractivity contribution in [1.29, 1.82) is 0 Å². The molecule has 9 nitrogen and oxygen atoms in total. The number of likely N-dealkylation sites (tertiary alicyclic amines) is 1. The number of amides is 3. The first-order valence-corrected chi connectivity index (χ1v) is 12.4. The van der Waals surface area contributed by atoms with E-state index in [1.165, 1.54) is 0 Å². The number of alkyl carbamates (subject to hydrolysis) is 1. The predicted octanol–water partition coefficient (Wildman–Crippen LogP) is 3.63. The Morgan fingerprint density at radius 1 is 1.08 bits per heavy atom. The molecule has 2 heterocycles. The number of rotatable bonds is 6. The molecule has 36 heavy (non-hydrogen) atoms. The van der Waals surface area contributed by atoms with E-state index < -0.39 is 29.2 Å². The molecule has 2 unspecified atom stereocenters. The van der Waals surface area contributed by atoms with Gasteiger partial charge in [-0.25, -0.2) is 4.79 Å². The topological polar surface area (TPSA) is 106 Å². The van der Waals surface area contributed by atoms with Crippen molar-refractivity contribution in [3.05, 3.63) is 42.1 Å². The van der Waals surface area contributed by atoms with Crippen LogP contribution in [0.1, 0.15) is 59.9 Å². The third-order valence-electron chi connectivity index (χ3n) is 6.15. The number of benzene rings is 1. The Kier molecular flexibility index (Phi) is 8.11. The van der Waals surface area contributed by atoms with Crippen LogP contribution in [0.2, 0.25) is 0 Å². The summed E-state index contributed by atoms with van der Waals surface area (Å²) in [4.78, 5) is 40.6. The van der Waals surface area contributed by atoms with Gasteiger partial charge in [0.25, 0.3) is 0 Å². The summed E-state index contributed by atoms with van der Waals surface area (Å²) in [6, 6.07) is 8.50. The number of nitrogens with one attached hydrogen (secondary N) is 2. The zero-order valence-corrected chi connectivity index (χ0v) is 22.4. The van der Waals surface area contributed by atoms with Crippen molar-refractivity contribution >= 4 is 17.9 Å². The molecule has 196 valence electrons. The second-order valence-corrected chi connectivity index (χ2v) is 11.4. The summed E-state index contributed by atoms with van der Waals surface area (Å²) < 4.78 is 7.18. The van der Waals surface area contributed by atoms with E-state index in [9.17, 15) is 14.4 Å². The molecule has 3 amide bonds. The van der Waals surface area contributed by atoms with Crippen molar-refractivity contribution in [1.82, 2.24) is 25.3 Å². The number of carbonyl (C=O) groups excluding carboxylic acids is 3. The van der Waals surface area contributed by atoms with E-state index in [1.54, 1.807) is 31.9 Å². The van der Waals surface area contributed by atoms with Gasteiger partial charge in [-0.15, -0.1) is 0 Å². The molecule has 2 aromatic rings. The second-order valence-electron chi connectivity index (χ2n) is 11.4. The lowest BCUT2D eigenvalue weighted by Gasteiger charge is -2.35. The lowest BCUT2D eigenvalue weighted by molar-refractivity contribution is -0.142. The monoisotopic (exact) mass is 497 g/mol. The molecule has 1 aromatic heterocycles. The third kappa shape index (κ3) is 6.86. The van der Waals surface area contributed by atoms with Gasteiger partial charge < -0.3 is 20.3 Å². The van der Waals surface area contributed by atoms with Gasteiger partial charge in [-0.05, 0) is 56.2 Å². The minimum Gasteiger partial charge on any atom is -0.444 e. The van der Waals surface area contributed by atoms with Crippen LogP contribution in [0, 0.1) is 5.41 Å². The highest BCUT2D eigenvalue weighted by Crippen LogP contribution is 2.26. The Balaban J connectivity index is 1.64. The van der Waals surface area contributed by atoms with Crippen molar-refractivity contribution in [2.24, 2.45) is 12.5 Å². The fraction of sp³-hybridized carbons (Fsp3) is 0.556. The predicted molar refractivity (Wildman–Crippen MR) is 138 cm³/mol. The van der Waals surface area contributed by atoms with Crippen molar-refractivity contribution in [3.63, 3.8) is 0 Å². The maximum absolute atomic E-state index is 13.5. The third-order valence-corrected chi connectivity index (χ3v) is 6.15. The fourth-order valence-electron chi connectivity index (χ4n) is 4.30. The molecule has 1 saturated heterocycles. The zero-order chi connectivity index (χ0) is 26.7. The van der Waals surface area contributed by atoms with Crippen LogP contribution < -0.4 is 10.6 Å². The minimum absolute atomic E-state index is 0.193. The standard InChI is InChI=1S/C27H39N5O4/c1-26(2,3)22(30-25(35)36-27(4,5)6)24(34)32-16-8-9-21(32)23(33)28-17-18-10-12-19(13-11-18)20-14-15-29-31(20)7/h10-15,21-22H,8-9,16-17H2,1-7H3,(H,28,33)(H,30,35). The van der Waals surface area contributed by atoms with E-state index >= 15 is 0 Å². The van der Waals surface area contributed by atoms with Gasteiger partial charge in [0.1, 0.15) is 17.7 Å². The minimum atomic E-state index is -0.819. The van der Waals surface area contributed by atoms with E-state index in [-0.39, 0.29) is 11.8 Å². The Labute approximate surface area is 213 Å². The summed E-state index contributed by atoms with van der Waals surface area (Å²) in [5, 5.41) is 9.91. The van der Waals surface area contributed by atoms with Crippen molar-refractivity contribution in [3.8, 4) is 11.3 Å². The van der Waals surface area contributed by atoms with Crippen LogP contribution in [0.4, 0.5) is 4.79 Å². The highest BCUT2D eigenvalue weighted by Gasteiger charge is 2.42. The average Bonchev–Trinajstić information content (AvgIpc) is 3.43. The van der Waals surface area contributed by atoms with Gasteiger partial charge in [-0.1, -0.05) is 45.0 Å². The lowest BCUT2D eigenvalue weighted by atomic mass is 9.85. The van der Waals surface area contributed by atoms with E-state index in [0.29, 0.717) is 19.5 Å². The number of hydrogen-bond donors (Lipinski definition) is 2. The zero-order valence-electron chi connectivity index (χ0n) is 22.4. The van der Waals surface area contributed by atoms with Crippen molar-refractivity contribution < 1.29 is 19.1 Å². The molecule has 2 N–H and O–H groups in total. The molecule has 0 aliphatic carbocycles. The first-order valence-electron chi connectivity index (χ1n) is 12.4. The van der Waals surface area contributed by atoms with Crippen LogP contribution >= 0.6 is 0 Å². The summed E-state index contributed by atoms with van der Waals surface area (Å²) in [5.74, 6) is -0.465. The van der Waals surface area contributed by atoms with Crippen LogP contribution in [0.3, 0.4) is 0 Å². The highest BCUT2D eigenvalue weighted by atomic mass is 16.6. The number of ether oxygens (including phenoxy) is 1. The summed E-state index contributed by atoms with van der Waals surface area (Å²) in [7, 11) is 1.89. The average molecular weight is 498 g/mol. The quantitative estimate of drug-likeness (QED) is 0.634. The largest absolute Gasteiger partial charge is 0.444 e. The number of carbonyl (C=O) groups is 3. The number of aryl methyl sites for hydroxylation is 1. The summed E-state index contributed by atoms with van der Waals surface area (Å²) in [6.07, 6.45) is 2.42. The molecule has 1 aliphatic heterocycles. The number of hydrogen-bond acceptors (Lipinski definition) is 5. The van der Waals surface area contributed by atoms with Crippen molar-refractivity contribution in [2.45, 2.75) is 78.6 Å². The van der Waals surface area contributed by atoms with Gasteiger partial charge in [0.15, 0.2) is 0 Å². The molecule has 0 bridgehead atoms. The molecule has 3 rings (SSSR count). The Bertz CT molecular complexity index is 1080. The van der Waals surface area contributed by atoms with Gasteiger partial charge in [0, 0.05) is 26.3 Å². The van der Waals surface area contributed by atoms with Crippen molar-refractivity contribution in [2.75, 3.05) is 6.54 Å². The van der Waals surface area contributed by atoms with Gasteiger partial charge in [-0.2, -0.15) is 5.10 Å². The molecule has 0 spiro atoms. The van der Waals surface area contributed by atoms with Gasteiger partial charge >= 0.3 is 6.09 Å². The van der Waals surface area contributed by atoms with Crippen LogP contribution in [0.25, 0.3) is 11.3 Å². The summed E-state index contributed by atoms with van der Waals surface area (Å²) in [6.45, 7) is 11.8. The van der Waals surface area contributed by atoms with E-state index in [4.69, 9.17) is 4.74 Å². The van der Waals surface area contributed by atoms with Crippen LogP contribution in [-0.4, -0.2) is 56.8 Å². The summed E-state index contributed by atoms with van der Waals surface area (Å²) in [5.41, 5.74) is 1.78. The molecular weight excluding hydrogens is 458 g/mol. The Morgan fingerprint density at radius 2 is 1.75 bits per heavy atom.